The van der Waals surface area contributed by atoms with Crippen molar-refractivity contribution < 1.29 is 0 Å². The Kier molecular flexibility index (Phi) is 5.65. The van der Waals surface area contributed by atoms with Crippen LogP contribution in [0.2, 0.25) is 5.02 Å². The maximum atomic E-state index is 6.09. The van der Waals surface area contributed by atoms with Gasteiger partial charge >= 0.3 is 0 Å². The first-order chi connectivity index (χ1) is 10.1. The first kappa shape index (κ1) is 15.9. The molecule has 0 saturated heterocycles. The molecule has 0 saturated carbocycles. The number of halogens is 2. The molecule has 3 nitrogen and oxygen atoms in total. The van der Waals surface area contributed by atoms with Crippen LogP contribution in [0.5, 0.6) is 0 Å². The van der Waals surface area contributed by atoms with E-state index in [9.17, 15) is 0 Å². The molecule has 2 aromatic rings. The lowest BCUT2D eigenvalue weighted by Crippen LogP contribution is -2.09. The van der Waals surface area contributed by atoms with Gasteiger partial charge < -0.3 is 10.3 Å². The molecule has 0 fully saturated rings. The molecule has 0 radical (unpaired) electrons. The Morgan fingerprint density at radius 3 is 2.67 bits per heavy atom. The summed E-state index contributed by atoms with van der Waals surface area (Å²) in [4.78, 5) is 2.06. The summed E-state index contributed by atoms with van der Waals surface area (Å²) in [5, 5.41) is 4.97. The second-order valence-electron chi connectivity index (χ2n) is 4.79. The molecule has 0 unspecified atom stereocenters. The highest BCUT2D eigenvalue weighted by Crippen LogP contribution is 2.25. The minimum atomic E-state index is 0.604. The molecule has 0 heterocycles. The predicted molar refractivity (Wildman–Crippen MR) is 94.4 cm³/mol. The fraction of sp³-hybridized carbons (Fsp3) is 0.188. The zero-order chi connectivity index (χ0) is 15.2. The number of nitrogens with zero attached hydrogens (tertiary/aromatic N) is 2. The Bertz CT molecular complexity index is 641. The van der Waals surface area contributed by atoms with Crippen LogP contribution in [-0.2, 0) is 6.54 Å². The third-order valence-electron chi connectivity index (χ3n) is 2.99. The first-order valence-corrected chi connectivity index (χ1v) is 7.71. The van der Waals surface area contributed by atoms with Gasteiger partial charge in [0.1, 0.15) is 0 Å². The van der Waals surface area contributed by atoms with Crippen molar-refractivity contribution in [3.63, 3.8) is 0 Å². The molecule has 2 rings (SSSR count). The summed E-state index contributed by atoms with van der Waals surface area (Å²) < 4.78 is 1.04. The van der Waals surface area contributed by atoms with Gasteiger partial charge in [-0.25, -0.2) is 0 Å². The summed E-state index contributed by atoms with van der Waals surface area (Å²) in [7, 11) is 4.03. The molecule has 5 heteroatoms. The summed E-state index contributed by atoms with van der Waals surface area (Å²) in [6, 6.07) is 13.9. The smallest absolute Gasteiger partial charge is 0.0594 e. The highest BCUT2D eigenvalue weighted by molar-refractivity contribution is 9.10. The molecule has 1 N–H and O–H groups in total. The zero-order valence-corrected chi connectivity index (χ0v) is 14.3. The van der Waals surface area contributed by atoms with Crippen molar-refractivity contribution in [3.8, 4) is 0 Å². The Morgan fingerprint density at radius 1 is 1.24 bits per heavy atom. The van der Waals surface area contributed by atoms with Gasteiger partial charge in [-0.1, -0.05) is 35.9 Å². The normalized spacial score (nSPS) is 10.9. The van der Waals surface area contributed by atoms with E-state index in [0.717, 1.165) is 26.3 Å². The fourth-order valence-corrected chi connectivity index (χ4v) is 2.81. The van der Waals surface area contributed by atoms with Crippen molar-refractivity contribution in [1.82, 2.24) is 5.43 Å². The molecular weight excluding hydrogens is 350 g/mol. The minimum Gasteiger partial charge on any atom is -0.377 e. The number of nitrogens with one attached hydrogen (secondary N) is 1. The van der Waals surface area contributed by atoms with Crippen molar-refractivity contribution in [1.29, 1.82) is 0 Å². The van der Waals surface area contributed by atoms with Gasteiger partial charge in [-0.05, 0) is 45.3 Å². The number of rotatable bonds is 5. The molecule has 0 aliphatic heterocycles. The van der Waals surface area contributed by atoms with E-state index in [0.29, 0.717) is 6.54 Å². The van der Waals surface area contributed by atoms with E-state index in [-0.39, 0.29) is 0 Å². The van der Waals surface area contributed by atoms with Gasteiger partial charge in [0.25, 0.3) is 0 Å². The molecule has 0 spiro atoms. The summed E-state index contributed by atoms with van der Waals surface area (Å²) in [6.07, 6.45) is 1.79. The number of hydrazone groups is 1. The van der Waals surface area contributed by atoms with Crippen LogP contribution < -0.4 is 10.3 Å². The van der Waals surface area contributed by atoms with Crippen LogP contribution in [0.15, 0.2) is 52.0 Å². The van der Waals surface area contributed by atoms with E-state index in [2.05, 4.69) is 37.4 Å². The molecule has 0 aliphatic carbocycles. The van der Waals surface area contributed by atoms with Gasteiger partial charge in [-0.2, -0.15) is 5.10 Å². The van der Waals surface area contributed by atoms with E-state index < -0.39 is 0 Å². The monoisotopic (exact) mass is 365 g/mol. The lowest BCUT2D eigenvalue weighted by Gasteiger charge is -2.14. The number of anilines is 1. The Balaban J connectivity index is 1.96. The van der Waals surface area contributed by atoms with Gasteiger partial charge in [-0.15, -0.1) is 0 Å². The number of hydrogen-bond acceptors (Lipinski definition) is 3. The summed E-state index contributed by atoms with van der Waals surface area (Å²) in [6.45, 7) is 0.604. The van der Waals surface area contributed by atoms with Crippen LogP contribution in [0, 0.1) is 0 Å². The van der Waals surface area contributed by atoms with Crippen molar-refractivity contribution in [2.24, 2.45) is 5.10 Å². The maximum Gasteiger partial charge on any atom is 0.0594 e. The zero-order valence-electron chi connectivity index (χ0n) is 12.0. The van der Waals surface area contributed by atoms with Crippen LogP contribution >= 0.6 is 27.5 Å². The maximum absolute atomic E-state index is 6.09. The Labute approximate surface area is 138 Å². The van der Waals surface area contributed by atoms with Gasteiger partial charge in [0.15, 0.2) is 0 Å². The van der Waals surface area contributed by atoms with E-state index in [4.69, 9.17) is 11.6 Å². The summed E-state index contributed by atoms with van der Waals surface area (Å²) in [5.74, 6) is 0. The van der Waals surface area contributed by atoms with Crippen molar-refractivity contribution in [2.75, 3.05) is 19.0 Å². The highest BCUT2D eigenvalue weighted by Gasteiger charge is 2.02. The molecular formula is C16H17BrClN3. The lowest BCUT2D eigenvalue weighted by atomic mass is 10.2. The third kappa shape index (κ3) is 4.48. The number of benzene rings is 2. The van der Waals surface area contributed by atoms with Gasteiger partial charge in [0.05, 0.1) is 18.4 Å². The third-order valence-corrected chi connectivity index (χ3v) is 3.99. The van der Waals surface area contributed by atoms with Crippen LogP contribution in [0.3, 0.4) is 0 Å². The second kappa shape index (κ2) is 7.48. The lowest BCUT2D eigenvalue weighted by molar-refractivity contribution is 0.748. The van der Waals surface area contributed by atoms with E-state index >= 15 is 0 Å². The first-order valence-electron chi connectivity index (χ1n) is 6.54. The highest BCUT2D eigenvalue weighted by atomic mass is 79.9. The Morgan fingerprint density at radius 2 is 2.00 bits per heavy atom. The summed E-state index contributed by atoms with van der Waals surface area (Å²) >= 11 is 9.65. The summed E-state index contributed by atoms with van der Waals surface area (Å²) in [5.41, 5.74) is 6.20. The van der Waals surface area contributed by atoms with E-state index in [1.807, 2.05) is 50.5 Å². The SMILES string of the molecule is CN(C)c1ccc(/C=N\NCc2ccccc2Cl)cc1Br. The molecule has 0 aliphatic rings. The minimum absolute atomic E-state index is 0.604. The topological polar surface area (TPSA) is 27.6 Å². The van der Waals surface area contributed by atoms with Gasteiger partial charge in [-0.3, -0.25) is 0 Å². The van der Waals surface area contributed by atoms with E-state index in [1.54, 1.807) is 6.21 Å². The van der Waals surface area contributed by atoms with Crippen molar-refractivity contribution in [3.05, 3.63) is 63.1 Å². The average Bonchev–Trinajstić information content (AvgIpc) is 2.45. The van der Waals surface area contributed by atoms with Crippen LogP contribution in [-0.4, -0.2) is 20.3 Å². The standard InChI is InChI=1S/C16H17BrClN3/c1-21(2)16-8-7-12(9-14(16)17)10-19-20-11-13-5-3-4-6-15(13)18/h3-10,20H,11H2,1-2H3/b19-10-. The fourth-order valence-electron chi connectivity index (χ4n) is 1.86. The van der Waals surface area contributed by atoms with Crippen molar-refractivity contribution >= 4 is 39.4 Å². The van der Waals surface area contributed by atoms with Crippen LogP contribution in [0.1, 0.15) is 11.1 Å². The van der Waals surface area contributed by atoms with Gasteiger partial charge in [0, 0.05) is 23.6 Å². The van der Waals surface area contributed by atoms with E-state index in [1.165, 1.54) is 0 Å². The Hall–Kier alpha value is -1.52. The average molecular weight is 367 g/mol. The quantitative estimate of drug-likeness (QED) is 0.631. The molecule has 2 aromatic carbocycles. The van der Waals surface area contributed by atoms with Crippen molar-refractivity contribution in [2.45, 2.75) is 6.54 Å². The molecule has 21 heavy (non-hydrogen) atoms. The molecule has 0 atom stereocenters. The van der Waals surface area contributed by atoms with Gasteiger partial charge in [0.2, 0.25) is 0 Å². The number of hydrogen-bond donors (Lipinski definition) is 1. The predicted octanol–water partition coefficient (Wildman–Crippen LogP) is 4.29. The van der Waals surface area contributed by atoms with Crippen LogP contribution in [0.25, 0.3) is 0 Å². The molecule has 110 valence electrons. The molecule has 0 aromatic heterocycles. The molecule has 0 bridgehead atoms. The second-order valence-corrected chi connectivity index (χ2v) is 6.05. The largest absolute Gasteiger partial charge is 0.377 e. The molecule has 0 amide bonds. The van der Waals surface area contributed by atoms with Crippen LogP contribution in [0.4, 0.5) is 5.69 Å².